The smallest absolute Gasteiger partial charge is 0.238 e. The van der Waals surface area contributed by atoms with Crippen LogP contribution in [0.3, 0.4) is 0 Å². The zero-order valence-electron chi connectivity index (χ0n) is 12.5. The standard InChI is InChI=1S/C15H16FN5O/c1-9(15-20-19-11(3)22-15)18-13-8-17-21(10(13)2)14-7-5-4-6-12(14)16/h4-9,18H,1-3H3/t9-/m1/s1. The molecule has 3 rings (SSSR count). The predicted molar refractivity (Wildman–Crippen MR) is 79.3 cm³/mol. The fourth-order valence-corrected chi connectivity index (χ4v) is 2.20. The summed E-state index contributed by atoms with van der Waals surface area (Å²) in [6.45, 7) is 5.52. The van der Waals surface area contributed by atoms with Crippen LogP contribution in [-0.4, -0.2) is 20.0 Å². The van der Waals surface area contributed by atoms with Crippen molar-refractivity contribution in [1.82, 2.24) is 20.0 Å². The molecule has 0 aliphatic rings. The molecule has 3 aromatic rings. The fourth-order valence-electron chi connectivity index (χ4n) is 2.20. The van der Waals surface area contributed by atoms with E-state index in [9.17, 15) is 4.39 Å². The lowest BCUT2D eigenvalue weighted by Gasteiger charge is -2.11. The van der Waals surface area contributed by atoms with E-state index in [0.717, 1.165) is 11.4 Å². The van der Waals surface area contributed by atoms with E-state index in [2.05, 4.69) is 20.6 Å². The van der Waals surface area contributed by atoms with E-state index in [4.69, 9.17) is 4.42 Å². The Kier molecular flexibility index (Phi) is 3.62. The second kappa shape index (κ2) is 5.59. The molecule has 0 radical (unpaired) electrons. The number of anilines is 1. The Morgan fingerprint density at radius 2 is 2.00 bits per heavy atom. The van der Waals surface area contributed by atoms with Gasteiger partial charge >= 0.3 is 0 Å². The van der Waals surface area contributed by atoms with Crippen LogP contribution >= 0.6 is 0 Å². The highest BCUT2D eigenvalue weighted by Crippen LogP contribution is 2.24. The van der Waals surface area contributed by atoms with Crippen LogP contribution in [0, 0.1) is 19.7 Å². The first-order valence-electron chi connectivity index (χ1n) is 6.92. The summed E-state index contributed by atoms with van der Waals surface area (Å²) in [5, 5.41) is 15.3. The number of para-hydroxylation sites is 1. The predicted octanol–water partition coefficient (Wildman–Crippen LogP) is 3.18. The van der Waals surface area contributed by atoms with Crippen molar-refractivity contribution in [2.75, 3.05) is 5.32 Å². The van der Waals surface area contributed by atoms with Crippen molar-refractivity contribution in [1.29, 1.82) is 0 Å². The zero-order valence-corrected chi connectivity index (χ0v) is 12.5. The summed E-state index contributed by atoms with van der Waals surface area (Å²) < 4.78 is 20.8. The van der Waals surface area contributed by atoms with Gasteiger partial charge in [0.1, 0.15) is 17.5 Å². The largest absolute Gasteiger partial charge is 0.423 e. The molecule has 1 N–H and O–H groups in total. The SMILES string of the molecule is Cc1nnc([C@@H](C)Nc2cnn(-c3ccccc3F)c2C)o1. The molecule has 0 spiro atoms. The molecule has 1 aromatic carbocycles. The highest BCUT2D eigenvalue weighted by atomic mass is 19.1. The first-order valence-corrected chi connectivity index (χ1v) is 6.92. The highest BCUT2D eigenvalue weighted by Gasteiger charge is 2.16. The maximum atomic E-state index is 13.9. The average molecular weight is 301 g/mol. The van der Waals surface area contributed by atoms with Crippen LogP contribution in [0.5, 0.6) is 0 Å². The van der Waals surface area contributed by atoms with E-state index in [1.165, 1.54) is 6.07 Å². The van der Waals surface area contributed by atoms with Crippen LogP contribution in [0.4, 0.5) is 10.1 Å². The van der Waals surface area contributed by atoms with Gasteiger partial charge in [-0.3, -0.25) is 0 Å². The highest BCUT2D eigenvalue weighted by molar-refractivity contribution is 5.50. The van der Waals surface area contributed by atoms with Crippen LogP contribution in [-0.2, 0) is 0 Å². The van der Waals surface area contributed by atoms with Gasteiger partial charge in [0.15, 0.2) is 0 Å². The van der Waals surface area contributed by atoms with Gasteiger partial charge in [0, 0.05) is 6.92 Å². The first-order chi connectivity index (χ1) is 10.6. The van der Waals surface area contributed by atoms with E-state index in [-0.39, 0.29) is 11.9 Å². The van der Waals surface area contributed by atoms with Crippen molar-refractivity contribution >= 4 is 5.69 Å². The monoisotopic (exact) mass is 301 g/mol. The van der Waals surface area contributed by atoms with E-state index in [1.807, 2.05) is 13.8 Å². The summed E-state index contributed by atoms with van der Waals surface area (Å²) in [4.78, 5) is 0. The van der Waals surface area contributed by atoms with Crippen LogP contribution in [0.2, 0.25) is 0 Å². The van der Waals surface area contributed by atoms with Crippen molar-refractivity contribution in [3.63, 3.8) is 0 Å². The van der Waals surface area contributed by atoms with Crippen molar-refractivity contribution in [3.05, 3.63) is 53.8 Å². The van der Waals surface area contributed by atoms with Crippen molar-refractivity contribution in [3.8, 4) is 5.69 Å². The molecular weight excluding hydrogens is 285 g/mol. The Hall–Kier alpha value is -2.70. The Morgan fingerprint density at radius 3 is 2.68 bits per heavy atom. The molecule has 0 bridgehead atoms. The molecule has 0 unspecified atom stereocenters. The summed E-state index contributed by atoms with van der Waals surface area (Å²) in [6, 6.07) is 6.35. The lowest BCUT2D eigenvalue weighted by molar-refractivity contribution is 0.451. The van der Waals surface area contributed by atoms with Crippen LogP contribution in [0.25, 0.3) is 5.69 Å². The maximum Gasteiger partial charge on any atom is 0.238 e. The van der Waals surface area contributed by atoms with E-state index in [1.54, 1.807) is 36.0 Å². The molecule has 22 heavy (non-hydrogen) atoms. The topological polar surface area (TPSA) is 68.8 Å². The van der Waals surface area contributed by atoms with Crippen LogP contribution < -0.4 is 5.32 Å². The molecule has 2 heterocycles. The van der Waals surface area contributed by atoms with Gasteiger partial charge < -0.3 is 9.73 Å². The van der Waals surface area contributed by atoms with Gasteiger partial charge in [-0.2, -0.15) is 5.10 Å². The van der Waals surface area contributed by atoms with Crippen LogP contribution in [0.15, 0.2) is 34.9 Å². The van der Waals surface area contributed by atoms with Crippen molar-refractivity contribution in [2.24, 2.45) is 0 Å². The Labute approximate surface area is 127 Å². The summed E-state index contributed by atoms with van der Waals surface area (Å²) in [5.41, 5.74) is 1.99. The van der Waals surface area contributed by atoms with Crippen LogP contribution in [0.1, 0.15) is 30.4 Å². The fraction of sp³-hybridized carbons (Fsp3) is 0.267. The number of hydrogen-bond donors (Lipinski definition) is 1. The number of nitrogens with zero attached hydrogens (tertiary/aromatic N) is 4. The number of hydrogen-bond acceptors (Lipinski definition) is 5. The summed E-state index contributed by atoms with van der Waals surface area (Å²) in [5.74, 6) is 0.693. The number of halogens is 1. The third kappa shape index (κ3) is 2.57. The number of rotatable bonds is 4. The summed E-state index contributed by atoms with van der Waals surface area (Å²) in [7, 11) is 0. The Bertz CT molecular complexity index is 795. The molecule has 0 aliphatic heterocycles. The summed E-state index contributed by atoms with van der Waals surface area (Å²) >= 11 is 0. The number of aromatic nitrogens is 4. The summed E-state index contributed by atoms with van der Waals surface area (Å²) in [6.07, 6.45) is 1.65. The molecule has 0 fully saturated rings. The van der Waals surface area contributed by atoms with E-state index in [0.29, 0.717) is 17.5 Å². The van der Waals surface area contributed by atoms with Gasteiger partial charge in [-0.1, -0.05) is 12.1 Å². The number of aryl methyl sites for hydroxylation is 1. The Balaban J connectivity index is 1.86. The zero-order chi connectivity index (χ0) is 15.7. The van der Waals surface area contributed by atoms with Gasteiger partial charge in [0.05, 0.1) is 17.6 Å². The second-order valence-electron chi connectivity index (χ2n) is 5.03. The van der Waals surface area contributed by atoms with Gasteiger partial charge in [-0.05, 0) is 26.0 Å². The van der Waals surface area contributed by atoms with Crippen molar-refractivity contribution < 1.29 is 8.81 Å². The minimum atomic E-state index is -0.319. The van der Waals surface area contributed by atoms with Gasteiger partial charge in [0.2, 0.25) is 11.8 Å². The maximum absolute atomic E-state index is 13.9. The molecule has 0 aliphatic carbocycles. The lowest BCUT2D eigenvalue weighted by atomic mass is 10.2. The third-order valence-corrected chi connectivity index (χ3v) is 3.37. The van der Waals surface area contributed by atoms with Crippen molar-refractivity contribution in [2.45, 2.75) is 26.8 Å². The lowest BCUT2D eigenvalue weighted by Crippen LogP contribution is -2.08. The second-order valence-corrected chi connectivity index (χ2v) is 5.03. The molecule has 2 aromatic heterocycles. The molecule has 1 atom stereocenters. The molecule has 0 amide bonds. The molecule has 7 heteroatoms. The third-order valence-electron chi connectivity index (χ3n) is 3.37. The van der Waals surface area contributed by atoms with Gasteiger partial charge in [0.25, 0.3) is 0 Å². The normalized spacial score (nSPS) is 12.4. The molecule has 6 nitrogen and oxygen atoms in total. The number of benzene rings is 1. The van der Waals surface area contributed by atoms with Gasteiger partial charge in [-0.25, -0.2) is 9.07 Å². The minimum absolute atomic E-state index is 0.168. The van der Waals surface area contributed by atoms with E-state index < -0.39 is 0 Å². The molecule has 114 valence electrons. The first kappa shape index (κ1) is 14.2. The molecule has 0 saturated carbocycles. The van der Waals surface area contributed by atoms with Gasteiger partial charge in [-0.15, -0.1) is 10.2 Å². The average Bonchev–Trinajstić information content (AvgIpc) is 3.07. The quantitative estimate of drug-likeness (QED) is 0.801. The molecule has 0 saturated heterocycles. The number of nitrogens with one attached hydrogen (secondary N) is 1. The van der Waals surface area contributed by atoms with E-state index >= 15 is 0 Å². The molecular formula is C15H16FN5O. The Morgan fingerprint density at radius 1 is 1.23 bits per heavy atom. The minimum Gasteiger partial charge on any atom is -0.423 e.